The number of carbonyl (C=O) groups excluding carboxylic acids is 1. The lowest BCUT2D eigenvalue weighted by molar-refractivity contribution is -0.135. The molecule has 0 saturated carbocycles. The molecule has 0 aromatic heterocycles. The van der Waals surface area contributed by atoms with Crippen LogP contribution in [-0.4, -0.2) is 40.5 Å². The van der Waals surface area contributed by atoms with E-state index in [-0.39, 0.29) is 0 Å². The Hall–Kier alpha value is -1.89. The monoisotopic (exact) mass is 287 g/mol. The third-order valence-corrected chi connectivity index (χ3v) is 3.94. The van der Waals surface area contributed by atoms with Gasteiger partial charge in [-0.1, -0.05) is 12.1 Å². The van der Waals surface area contributed by atoms with Crippen LogP contribution in [0.4, 0.5) is 4.39 Å². The van der Waals surface area contributed by atoms with Crippen molar-refractivity contribution in [3.8, 4) is 0 Å². The van der Waals surface area contributed by atoms with Crippen LogP contribution in [0.2, 0.25) is 0 Å². The third-order valence-electron chi connectivity index (χ3n) is 2.18. The topological polar surface area (TPSA) is 63.7 Å². The predicted octanol–water partition coefficient (Wildman–Crippen LogP) is 1.18. The molecule has 5 nitrogen and oxygen atoms in total. The molecular weight excluding hydrogens is 273 g/mol. The van der Waals surface area contributed by atoms with Crippen LogP contribution in [-0.2, 0) is 19.4 Å². The van der Waals surface area contributed by atoms with Crippen molar-refractivity contribution in [1.29, 1.82) is 0 Å². The van der Waals surface area contributed by atoms with Gasteiger partial charge in [-0.05, 0) is 12.1 Å². The minimum atomic E-state index is -4.27. The van der Waals surface area contributed by atoms with Crippen LogP contribution in [0.1, 0.15) is 0 Å². The summed E-state index contributed by atoms with van der Waals surface area (Å²) in [6, 6.07) is 4.84. The first-order valence-corrected chi connectivity index (χ1v) is 6.75. The van der Waals surface area contributed by atoms with E-state index in [4.69, 9.17) is 0 Å². The van der Waals surface area contributed by atoms with E-state index < -0.39 is 31.4 Å². The molecule has 0 radical (unpaired) electrons. The number of nitrogens with zero attached hydrogens (tertiary/aromatic N) is 1. The zero-order chi connectivity index (χ0) is 14.6. The molecule has 0 spiro atoms. The Morgan fingerprint density at radius 1 is 1.32 bits per heavy atom. The van der Waals surface area contributed by atoms with Crippen LogP contribution in [0.5, 0.6) is 0 Å². The van der Waals surface area contributed by atoms with E-state index in [0.717, 1.165) is 25.4 Å². The molecule has 0 heterocycles. The highest BCUT2D eigenvalue weighted by Crippen LogP contribution is 2.23. The minimum Gasteiger partial charge on any atom is -0.465 e. The van der Waals surface area contributed by atoms with E-state index in [1.165, 1.54) is 17.0 Å². The highest BCUT2D eigenvalue weighted by atomic mass is 32.2. The molecule has 19 heavy (non-hydrogen) atoms. The summed E-state index contributed by atoms with van der Waals surface area (Å²) in [6.45, 7) is 0. The van der Waals surface area contributed by atoms with E-state index in [9.17, 15) is 17.6 Å². The van der Waals surface area contributed by atoms with Gasteiger partial charge < -0.3 is 9.64 Å². The Labute approximate surface area is 111 Å². The summed E-state index contributed by atoms with van der Waals surface area (Å²) in [5.41, 5.74) is 0. The van der Waals surface area contributed by atoms with Gasteiger partial charge in [0.1, 0.15) is 10.7 Å². The Morgan fingerprint density at radius 2 is 1.89 bits per heavy atom. The van der Waals surface area contributed by atoms with E-state index >= 15 is 0 Å². The molecule has 7 heteroatoms. The van der Waals surface area contributed by atoms with Crippen molar-refractivity contribution >= 4 is 15.8 Å². The molecule has 104 valence electrons. The molecule has 1 aromatic carbocycles. The molecule has 0 aliphatic rings. The number of benzene rings is 1. The number of rotatable bonds is 4. The van der Waals surface area contributed by atoms with Crippen LogP contribution >= 0.6 is 0 Å². The zero-order valence-corrected chi connectivity index (χ0v) is 11.6. The molecule has 0 bridgehead atoms. The van der Waals surface area contributed by atoms with Crippen molar-refractivity contribution in [1.82, 2.24) is 4.90 Å². The average molecular weight is 287 g/mol. The third kappa shape index (κ3) is 3.31. The predicted molar refractivity (Wildman–Crippen MR) is 67.4 cm³/mol. The van der Waals surface area contributed by atoms with Crippen molar-refractivity contribution in [2.45, 2.75) is 4.90 Å². The Balaban J connectivity index is 3.46. The van der Waals surface area contributed by atoms with Gasteiger partial charge in [-0.25, -0.2) is 17.6 Å². The summed E-state index contributed by atoms with van der Waals surface area (Å²) < 4.78 is 42.5. The maximum atomic E-state index is 13.6. The van der Waals surface area contributed by atoms with Crippen molar-refractivity contribution in [3.63, 3.8) is 0 Å². The second-order valence-corrected chi connectivity index (χ2v) is 5.77. The summed E-state index contributed by atoms with van der Waals surface area (Å²) in [7, 11) is -0.127. The van der Waals surface area contributed by atoms with Crippen molar-refractivity contribution in [3.05, 3.63) is 41.2 Å². The lowest BCUT2D eigenvalue weighted by Gasteiger charge is -2.11. The van der Waals surface area contributed by atoms with E-state index in [1.54, 1.807) is 14.1 Å². The molecule has 0 fully saturated rings. The Kier molecular flexibility index (Phi) is 4.66. The molecule has 0 aliphatic carbocycles. The average Bonchev–Trinajstić information content (AvgIpc) is 2.35. The maximum absolute atomic E-state index is 13.6. The van der Waals surface area contributed by atoms with Crippen molar-refractivity contribution in [2.24, 2.45) is 0 Å². The fourth-order valence-corrected chi connectivity index (χ4v) is 2.82. The number of hydrogen-bond donors (Lipinski definition) is 0. The van der Waals surface area contributed by atoms with Crippen LogP contribution < -0.4 is 0 Å². The molecular formula is C12H14FNO4S. The molecule has 0 amide bonds. The van der Waals surface area contributed by atoms with Gasteiger partial charge in [-0.15, -0.1) is 0 Å². The first-order chi connectivity index (χ1) is 8.80. The van der Waals surface area contributed by atoms with Crippen LogP contribution in [0, 0.1) is 5.82 Å². The van der Waals surface area contributed by atoms with Gasteiger partial charge in [0.25, 0.3) is 0 Å². The van der Waals surface area contributed by atoms with Gasteiger partial charge in [0.15, 0.2) is 4.91 Å². The first kappa shape index (κ1) is 15.2. The highest BCUT2D eigenvalue weighted by molar-refractivity contribution is 7.96. The van der Waals surface area contributed by atoms with Gasteiger partial charge in [0, 0.05) is 20.3 Å². The summed E-state index contributed by atoms with van der Waals surface area (Å²) in [5, 5.41) is 0. The molecule has 0 N–H and O–H groups in total. The standard InChI is InChI=1S/C12H14FNO4S/c1-14(2)8-11(12(15)18-3)19(16,17)10-7-5-4-6-9(10)13/h4-8H,1-3H3/b11-8-. The fraction of sp³-hybridized carbons (Fsp3) is 0.250. The number of carbonyl (C=O) groups is 1. The largest absolute Gasteiger partial charge is 0.465 e. The molecule has 0 aliphatic heterocycles. The summed E-state index contributed by atoms with van der Waals surface area (Å²) in [4.78, 5) is 11.7. The van der Waals surface area contributed by atoms with E-state index in [1.807, 2.05) is 0 Å². The fourth-order valence-electron chi connectivity index (χ4n) is 1.35. The second kappa shape index (κ2) is 5.83. The Morgan fingerprint density at radius 3 is 2.37 bits per heavy atom. The molecule has 1 aromatic rings. The van der Waals surface area contributed by atoms with Gasteiger partial charge in [0.2, 0.25) is 9.84 Å². The van der Waals surface area contributed by atoms with Crippen LogP contribution in [0.3, 0.4) is 0 Å². The van der Waals surface area contributed by atoms with Crippen LogP contribution in [0.15, 0.2) is 40.3 Å². The van der Waals surface area contributed by atoms with Gasteiger partial charge >= 0.3 is 5.97 Å². The van der Waals surface area contributed by atoms with Crippen molar-refractivity contribution in [2.75, 3.05) is 21.2 Å². The number of sulfone groups is 1. The molecule has 0 unspecified atom stereocenters. The van der Waals surface area contributed by atoms with Gasteiger partial charge in [0.05, 0.1) is 7.11 Å². The SMILES string of the molecule is COC(=O)/C(=C/N(C)C)S(=O)(=O)c1ccccc1F. The Bertz CT molecular complexity index is 608. The van der Waals surface area contributed by atoms with Crippen LogP contribution in [0.25, 0.3) is 0 Å². The molecule has 1 rings (SSSR count). The lowest BCUT2D eigenvalue weighted by atomic mass is 10.3. The van der Waals surface area contributed by atoms with Gasteiger partial charge in [-0.3, -0.25) is 0 Å². The smallest absolute Gasteiger partial charge is 0.351 e. The van der Waals surface area contributed by atoms with Crippen molar-refractivity contribution < 1.29 is 22.3 Å². The summed E-state index contributed by atoms with van der Waals surface area (Å²) in [6.07, 6.45) is 1.08. The normalized spacial score (nSPS) is 12.1. The number of halogens is 1. The number of ether oxygens (including phenoxy) is 1. The second-order valence-electron chi connectivity index (χ2n) is 3.88. The van der Waals surface area contributed by atoms with Gasteiger partial charge in [-0.2, -0.15) is 0 Å². The molecule has 0 saturated heterocycles. The highest BCUT2D eigenvalue weighted by Gasteiger charge is 2.30. The zero-order valence-electron chi connectivity index (χ0n) is 10.8. The first-order valence-electron chi connectivity index (χ1n) is 5.27. The maximum Gasteiger partial charge on any atom is 0.351 e. The van der Waals surface area contributed by atoms with E-state index in [0.29, 0.717) is 0 Å². The number of methoxy groups -OCH3 is 1. The quantitative estimate of drug-likeness (QED) is 0.614. The van der Waals surface area contributed by atoms with E-state index in [2.05, 4.69) is 4.74 Å². The number of esters is 1. The molecule has 0 atom stereocenters. The number of hydrogen-bond acceptors (Lipinski definition) is 5. The minimum absolute atomic E-state index is 0.562. The summed E-state index contributed by atoms with van der Waals surface area (Å²) in [5.74, 6) is -1.96. The summed E-state index contributed by atoms with van der Waals surface area (Å²) >= 11 is 0. The lowest BCUT2D eigenvalue weighted by Crippen LogP contribution is -2.19.